The van der Waals surface area contributed by atoms with Crippen molar-refractivity contribution in [3.63, 3.8) is 0 Å². The standard InChI is InChI=1S/C15H15ClN2O2/c1-2-20-14-9-13(11(16)8-12(14)17)18-15(19)10-6-4-3-5-7-10/h3-9H,2,17H2,1H3,(H,18,19). The molecule has 0 atom stereocenters. The van der Waals surface area contributed by atoms with Crippen LogP contribution >= 0.6 is 11.6 Å². The van der Waals surface area contributed by atoms with E-state index in [-0.39, 0.29) is 5.91 Å². The Morgan fingerprint density at radius 3 is 2.65 bits per heavy atom. The van der Waals surface area contributed by atoms with Crippen LogP contribution in [0, 0.1) is 0 Å². The predicted molar refractivity (Wildman–Crippen MR) is 81.4 cm³/mol. The summed E-state index contributed by atoms with van der Waals surface area (Å²) in [5, 5.41) is 3.12. The number of ether oxygens (including phenoxy) is 1. The molecule has 20 heavy (non-hydrogen) atoms. The minimum atomic E-state index is -0.236. The van der Waals surface area contributed by atoms with Crippen molar-refractivity contribution < 1.29 is 9.53 Å². The van der Waals surface area contributed by atoms with Crippen LogP contribution in [0.2, 0.25) is 5.02 Å². The summed E-state index contributed by atoms with van der Waals surface area (Å²) in [5.41, 5.74) is 7.26. The molecule has 0 bridgehead atoms. The summed E-state index contributed by atoms with van der Waals surface area (Å²) < 4.78 is 5.38. The first-order valence-electron chi connectivity index (χ1n) is 6.20. The number of anilines is 2. The molecule has 0 aliphatic rings. The van der Waals surface area contributed by atoms with Crippen LogP contribution in [0.3, 0.4) is 0 Å². The van der Waals surface area contributed by atoms with Crippen molar-refractivity contribution >= 4 is 28.9 Å². The van der Waals surface area contributed by atoms with E-state index >= 15 is 0 Å². The van der Waals surface area contributed by atoms with Gasteiger partial charge in [0, 0.05) is 11.6 Å². The van der Waals surface area contributed by atoms with Crippen LogP contribution in [0.5, 0.6) is 5.75 Å². The second-order valence-corrected chi connectivity index (χ2v) is 4.53. The predicted octanol–water partition coefficient (Wildman–Crippen LogP) is 3.57. The lowest BCUT2D eigenvalue weighted by molar-refractivity contribution is 0.102. The number of nitrogen functional groups attached to an aromatic ring is 1. The van der Waals surface area contributed by atoms with Gasteiger partial charge in [-0.2, -0.15) is 0 Å². The lowest BCUT2D eigenvalue weighted by atomic mass is 10.2. The van der Waals surface area contributed by atoms with E-state index in [0.717, 1.165) is 0 Å². The largest absolute Gasteiger partial charge is 0.492 e. The fraction of sp³-hybridized carbons (Fsp3) is 0.133. The zero-order valence-corrected chi connectivity index (χ0v) is 11.8. The average Bonchev–Trinajstić information content (AvgIpc) is 2.45. The smallest absolute Gasteiger partial charge is 0.255 e. The number of nitrogens with two attached hydrogens (primary N) is 1. The summed E-state index contributed by atoms with van der Waals surface area (Å²) in [6, 6.07) is 12.1. The lowest BCUT2D eigenvalue weighted by Crippen LogP contribution is -2.12. The zero-order chi connectivity index (χ0) is 14.5. The Labute approximate surface area is 122 Å². The molecule has 0 aromatic heterocycles. The van der Waals surface area contributed by atoms with Gasteiger partial charge in [0.15, 0.2) is 0 Å². The van der Waals surface area contributed by atoms with Crippen LogP contribution < -0.4 is 15.8 Å². The summed E-state index contributed by atoms with van der Waals surface area (Å²) in [4.78, 5) is 12.1. The quantitative estimate of drug-likeness (QED) is 0.846. The molecule has 4 nitrogen and oxygen atoms in total. The van der Waals surface area contributed by atoms with Gasteiger partial charge in [-0.25, -0.2) is 0 Å². The number of carbonyl (C=O) groups is 1. The summed E-state index contributed by atoms with van der Waals surface area (Å²) in [6.45, 7) is 2.34. The molecular formula is C15H15ClN2O2. The van der Waals surface area contributed by atoms with Gasteiger partial charge in [0.05, 0.1) is 23.0 Å². The maximum atomic E-state index is 12.1. The molecule has 0 saturated heterocycles. The van der Waals surface area contributed by atoms with Gasteiger partial charge in [-0.15, -0.1) is 0 Å². The molecule has 0 saturated carbocycles. The third-order valence-electron chi connectivity index (χ3n) is 2.68. The first-order chi connectivity index (χ1) is 9.61. The molecule has 0 aliphatic heterocycles. The molecule has 0 heterocycles. The second kappa shape index (κ2) is 6.30. The minimum Gasteiger partial charge on any atom is -0.492 e. The highest BCUT2D eigenvalue weighted by Gasteiger charge is 2.11. The van der Waals surface area contributed by atoms with Crippen molar-refractivity contribution in [3.8, 4) is 5.75 Å². The van der Waals surface area contributed by atoms with E-state index in [4.69, 9.17) is 22.1 Å². The van der Waals surface area contributed by atoms with Gasteiger partial charge in [-0.1, -0.05) is 29.8 Å². The molecule has 2 aromatic carbocycles. The fourth-order valence-electron chi connectivity index (χ4n) is 1.73. The van der Waals surface area contributed by atoms with Gasteiger partial charge in [0.2, 0.25) is 0 Å². The minimum absolute atomic E-state index is 0.236. The van der Waals surface area contributed by atoms with Gasteiger partial charge >= 0.3 is 0 Å². The molecule has 0 aliphatic carbocycles. The number of nitrogens with one attached hydrogen (secondary N) is 1. The molecule has 0 radical (unpaired) electrons. The van der Waals surface area contributed by atoms with Crippen molar-refractivity contribution in [2.75, 3.05) is 17.7 Å². The Morgan fingerprint density at radius 1 is 1.30 bits per heavy atom. The maximum absolute atomic E-state index is 12.1. The summed E-state index contributed by atoms with van der Waals surface area (Å²) in [6.07, 6.45) is 0. The van der Waals surface area contributed by atoms with Crippen molar-refractivity contribution in [3.05, 3.63) is 53.1 Å². The van der Waals surface area contributed by atoms with Gasteiger partial charge in [0.25, 0.3) is 5.91 Å². The first kappa shape index (κ1) is 14.2. The van der Waals surface area contributed by atoms with E-state index in [2.05, 4.69) is 5.32 Å². The molecule has 0 spiro atoms. The molecule has 3 N–H and O–H groups in total. The number of hydrogen-bond acceptors (Lipinski definition) is 3. The Kier molecular flexibility index (Phi) is 4.48. The number of carbonyl (C=O) groups excluding carboxylic acids is 1. The van der Waals surface area contributed by atoms with E-state index < -0.39 is 0 Å². The van der Waals surface area contributed by atoms with Crippen LogP contribution in [-0.2, 0) is 0 Å². The van der Waals surface area contributed by atoms with Crippen LogP contribution in [-0.4, -0.2) is 12.5 Å². The zero-order valence-electron chi connectivity index (χ0n) is 11.0. The highest BCUT2D eigenvalue weighted by Crippen LogP contribution is 2.33. The maximum Gasteiger partial charge on any atom is 0.255 e. The number of hydrogen-bond donors (Lipinski definition) is 2. The summed E-state index contributed by atoms with van der Waals surface area (Å²) in [7, 11) is 0. The Morgan fingerprint density at radius 2 is 2.00 bits per heavy atom. The Bertz CT molecular complexity index is 615. The number of amides is 1. The van der Waals surface area contributed by atoms with Crippen LogP contribution in [0.4, 0.5) is 11.4 Å². The van der Waals surface area contributed by atoms with Crippen LogP contribution in [0.25, 0.3) is 0 Å². The fourth-order valence-corrected chi connectivity index (χ4v) is 1.95. The number of halogens is 1. The topological polar surface area (TPSA) is 64.3 Å². The molecule has 2 aromatic rings. The molecular weight excluding hydrogens is 276 g/mol. The van der Waals surface area contributed by atoms with Crippen molar-refractivity contribution in [2.45, 2.75) is 6.92 Å². The van der Waals surface area contributed by atoms with Crippen molar-refractivity contribution in [1.82, 2.24) is 0 Å². The molecule has 5 heteroatoms. The number of benzene rings is 2. The van der Waals surface area contributed by atoms with E-state index in [1.165, 1.54) is 0 Å². The SMILES string of the molecule is CCOc1cc(NC(=O)c2ccccc2)c(Cl)cc1N. The monoisotopic (exact) mass is 290 g/mol. The van der Waals surface area contributed by atoms with Gasteiger partial charge in [-0.05, 0) is 25.1 Å². The van der Waals surface area contributed by atoms with Crippen LogP contribution in [0.1, 0.15) is 17.3 Å². The third-order valence-corrected chi connectivity index (χ3v) is 3.00. The third kappa shape index (κ3) is 3.22. The lowest BCUT2D eigenvalue weighted by Gasteiger charge is -2.12. The highest BCUT2D eigenvalue weighted by molar-refractivity contribution is 6.34. The van der Waals surface area contributed by atoms with E-state index in [9.17, 15) is 4.79 Å². The van der Waals surface area contributed by atoms with E-state index in [0.29, 0.717) is 34.3 Å². The van der Waals surface area contributed by atoms with Crippen LogP contribution in [0.15, 0.2) is 42.5 Å². The molecule has 0 fully saturated rings. The second-order valence-electron chi connectivity index (χ2n) is 4.12. The average molecular weight is 291 g/mol. The van der Waals surface area contributed by atoms with Crippen molar-refractivity contribution in [1.29, 1.82) is 0 Å². The normalized spacial score (nSPS) is 10.1. The van der Waals surface area contributed by atoms with Gasteiger partial charge < -0.3 is 15.8 Å². The van der Waals surface area contributed by atoms with Crippen molar-refractivity contribution in [2.24, 2.45) is 0 Å². The molecule has 1 amide bonds. The summed E-state index contributed by atoms with van der Waals surface area (Å²) in [5.74, 6) is 0.264. The highest BCUT2D eigenvalue weighted by atomic mass is 35.5. The first-order valence-corrected chi connectivity index (χ1v) is 6.58. The Hall–Kier alpha value is -2.20. The Balaban J connectivity index is 2.25. The van der Waals surface area contributed by atoms with Gasteiger partial charge in [0.1, 0.15) is 5.75 Å². The summed E-state index contributed by atoms with van der Waals surface area (Å²) >= 11 is 6.08. The molecule has 0 unspecified atom stereocenters. The molecule has 2 rings (SSSR count). The van der Waals surface area contributed by atoms with E-state index in [1.807, 2.05) is 13.0 Å². The number of rotatable bonds is 4. The molecule has 104 valence electrons. The van der Waals surface area contributed by atoms with E-state index in [1.54, 1.807) is 36.4 Å². The van der Waals surface area contributed by atoms with Gasteiger partial charge in [-0.3, -0.25) is 4.79 Å².